The van der Waals surface area contributed by atoms with Gasteiger partial charge in [-0.3, -0.25) is 15.0 Å². The van der Waals surface area contributed by atoms with Crippen LogP contribution >= 0.6 is 0 Å². The number of likely N-dealkylation sites (tertiary alicyclic amines) is 1. The van der Waals surface area contributed by atoms with Gasteiger partial charge in [-0.25, -0.2) is 5.84 Å². The van der Waals surface area contributed by atoms with E-state index in [1.54, 1.807) is 4.90 Å². The van der Waals surface area contributed by atoms with Crippen molar-refractivity contribution in [3.63, 3.8) is 0 Å². The summed E-state index contributed by atoms with van der Waals surface area (Å²) in [5.41, 5.74) is 2.10. The van der Waals surface area contributed by atoms with Crippen LogP contribution in [-0.2, 0) is 9.59 Å². The third kappa shape index (κ3) is 1.87. The minimum atomic E-state index is -0.244. The molecule has 3 N–H and O–H groups in total. The molecule has 5 heteroatoms. The van der Waals surface area contributed by atoms with Gasteiger partial charge in [0.2, 0.25) is 11.8 Å². The van der Waals surface area contributed by atoms with Gasteiger partial charge >= 0.3 is 0 Å². The van der Waals surface area contributed by atoms with E-state index < -0.39 is 0 Å². The van der Waals surface area contributed by atoms with Gasteiger partial charge in [0.25, 0.3) is 0 Å². The Balaban J connectivity index is 1.88. The molecule has 14 heavy (non-hydrogen) atoms. The van der Waals surface area contributed by atoms with Gasteiger partial charge in [0.1, 0.15) is 0 Å². The van der Waals surface area contributed by atoms with E-state index >= 15 is 0 Å². The fourth-order valence-electron chi connectivity index (χ4n) is 1.85. The molecule has 0 spiro atoms. The molecule has 1 atom stereocenters. The van der Waals surface area contributed by atoms with E-state index in [-0.39, 0.29) is 17.7 Å². The van der Waals surface area contributed by atoms with Crippen LogP contribution in [0.25, 0.3) is 0 Å². The molecule has 0 radical (unpaired) electrons. The van der Waals surface area contributed by atoms with Crippen LogP contribution in [0.1, 0.15) is 19.3 Å². The van der Waals surface area contributed by atoms with Crippen molar-refractivity contribution >= 4 is 11.8 Å². The molecule has 1 aliphatic carbocycles. The van der Waals surface area contributed by atoms with E-state index in [9.17, 15) is 9.59 Å². The molecule has 1 heterocycles. The number of rotatable bonds is 3. The van der Waals surface area contributed by atoms with Crippen LogP contribution in [0.2, 0.25) is 0 Å². The van der Waals surface area contributed by atoms with Crippen LogP contribution in [0.3, 0.4) is 0 Å². The van der Waals surface area contributed by atoms with Crippen molar-refractivity contribution in [3.05, 3.63) is 0 Å². The highest BCUT2D eigenvalue weighted by molar-refractivity contribution is 5.88. The topological polar surface area (TPSA) is 75.4 Å². The predicted octanol–water partition coefficient (Wildman–Crippen LogP) is -0.765. The highest BCUT2D eigenvalue weighted by atomic mass is 16.2. The number of hydrazine groups is 1. The number of nitrogens with one attached hydrogen (secondary N) is 1. The van der Waals surface area contributed by atoms with Crippen molar-refractivity contribution in [1.29, 1.82) is 0 Å². The average Bonchev–Trinajstić information content (AvgIpc) is 2.91. The van der Waals surface area contributed by atoms with Crippen LogP contribution in [0.4, 0.5) is 0 Å². The summed E-state index contributed by atoms with van der Waals surface area (Å²) in [7, 11) is 0. The zero-order valence-electron chi connectivity index (χ0n) is 8.03. The molecule has 0 bridgehead atoms. The molecule has 5 nitrogen and oxygen atoms in total. The van der Waals surface area contributed by atoms with Gasteiger partial charge in [-0.1, -0.05) is 0 Å². The quantitative estimate of drug-likeness (QED) is 0.354. The summed E-state index contributed by atoms with van der Waals surface area (Å²) < 4.78 is 0. The van der Waals surface area contributed by atoms with E-state index in [1.165, 1.54) is 12.8 Å². The molecule has 2 rings (SSSR count). The van der Waals surface area contributed by atoms with Crippen molar-refractivity contribution in [2.45, 2.75) is 19.3 Å². The molecular formula is C9H15N3O2. The monoisotopic (exact) mass is 197 g/mol. The first-order valence-electron chi connectivity index (χ1n) is 4.99. The Hall–Kier alpha value is -1.10. The number of hydrogen-bond acceptors (Lipinski definition) is 3. The minimum Gasteiger partial charge on any atom is -0.342 e. The van der Waals surface area contributed by atoms with Crippen molar-refractivity contribution in [3.8, 4) is 0 Å². The molecule has 2 aliphatic rings. The van der Waals surface area contributed by atoms with Gasteiger partial charge in [0.15, 0.2) is 0 Å². The van der Waals surface area contributed by atoms with E-state index in [0.29, 0.717) is 18.9 Å². The van der Waals surface area contributed by atoms with Crippen molar-refractivity contribution < 1.29 is 9.59 Å². The second kappa shape index (κ2) is 3.57. The molecule has 1 unspecified atom stereocenters. The average molecular weight is 197 g/mol. The lowest BCUT2D eigenvalue weighted by molar-refractivity contribution is -0.129. The number of carbonyl (C=O) groups excluding carboxylic acids is 2. The Bertz CT molecular complexity index is 263. The minimum absolute atomic E-state index is 0.0884. The van der Waals surface area contributed by atoms with Gasteiger partial charge in [-0.05, 0) is 18.8 Å². The smallest absolute Gasteiger partial charge is 0.239 e. The number of hydrogen-bond donors (Lipinski definition) is 2. The summed E-state index contributed by atoms with van der Waals surface area (Å²) in [5.74, 6) is 5.33. The highest BCUT2D eigenvalue weighted by Crippen LogP contribution is 2.31. The number of nitrogens with two attached hydrogens (primary N) is 1. The Morgan fingerprint density at radius 1 is 1.57 bits per heavy atom. The van der Waals surface area contributed by atoms with Crippen LogP contribution < -0.4 is 11.3 Å². The Labute approximate surface area is 82.6 Å². The van der Waals surface area contributed by atoms with Crippen LogP contribution in [0.15, 0.2) is 0 Å². The largest absolute Gasteiger partial charge is 0.342 e. The second-order valence-corrected chi connectivity index (χ2v) is 4.15. The molecule has 0 aromatic heterocycles. The first-order valence-corrected chi connectivity index (χ1v) is 4.99. The lowest BCUT2D eigenvalue weighted by Crippen LogP contribution is -2.37. The van der Waals surface area contributed by atoms with Crippen molar-refractivity contribution in [2.24, 2.45) is 17.7 Å². The van der Waals surface area contributed by atoms with Gasteiger partial charge in [-0.2, -0.15) is 0 Å². The first-order chi connectivity index (χ1) is 6.70. The summed E-state index contributed by atoms with van der Waals surface area (Å²) in [6, 6.07) is 0. The lowest BCUT2D eigenvalue weighted by atomic mass is 10.1. The zero-order chi connectivity index (χ0) is 10.1. The first kappa shape index (κ1) is 9.45. The molecule has 2 amide bonds. The summed E-state index contributed by atoms with van der Waals surface area (Å²) >= 11 is 0. The number of carbonyl (C=O) groups is 2. The van der Waals surface area contributed by atoms with Crippen LogP contribution in [0.5, 0.6) is 0 Å². The van der Waals surface area contributed by atoms with Crippen molar-refractivity contribution in [2.75, 3.05) is 13.1 Å². The molecule has 1 saturated heterocycles. The summed E-state index contributed by atoms with van der Waals surface area (Å²) in [6.07, 6.45) is 2.75. The second-order valence-electron chi connectivity index (χ2n) is 4.15. The summed E-state index contributed by atoms with van der Waals surface area (Å²) in [6.45, 7) is 1.37. The third-order valence-electron chi connectivity index (χ3n) is 2.90. The Kier molecular flexibility index (Phi) is 2.41. The molecular weight excluding hydrogens is 182 g/mol. The standard InChI is InChI=1S/C9H15N3O2/c10-11-9(14)7-3-8(13)12(5-7)4-6-1-2-6/h6-7H,1-5,10H2,(H,11,14). The third-order valence-corrected chi connectivity index (χ3v) is 2.90. The highest BCUT2D eigenvalue weighted by Gasteiger charge is 2.36. The zero-order valence-corrected chi connectivity index (χ0v) is 8.03. The Morgan fingerprint density at radius 3 is 2.86 bits per heavy atom. The normalized spacial score (nSPS) is 26.8. The van der Waals surface area contributed by atoms with Gasteiger partial charge in [0, 0.05) is 19.5 Å². The maximum atomic E-state index is 11.5. The lowest BCUT2D eigenvalue weighted by Gasteiger charge is -2.15. The van der Waals surface area contributed by atoms with Crippen molar-refractivity contribution in [1.82, 2.24) is 10.3 Å². The van der Waals surface area contributed by atoms with Crippen LogP contribution in [-0.4, -0.2) is 29.8 Å². The van der Waals surface area contributed by atoms with Gasteiger partial charge in [-0.15, -0.1) is 0 Å². The van der Waals surface area contributed by atoms with Crippen LogP contribution in [0, 0.1) is 11.8 Å². The number of nitrogens with zero attached hydrogens (tertiary/aromatic N) is 1. The van der Waals surface area contributed by atoms with Gasteiger partial charge in [0.05, 0.1) is 5.92 Å². The fraction of sp³-hybridized carbons (Fsp3) is 0.778. The fourth-order valence-corrected chi connectivity index (χ4v) is 1.85. The van der Waals surface area contributed by atoms with Gasteiger partial charge < -0.3 is 4.90 Å². The molecule has 1 saturated carbocycles. The maximum Gasteiger partial charge on any atom is 0.239 e. The molecule has 0 aromatic rings. The maximum absolute atomic E-state index is 11.5. The molecule has 1 aliphatic heterocycles. The van der Waals surface area contributed by atoms with E-state index in [0.717, 1.165) is 6.54 Å². The summed E-state index contributed by atoms with van der Waals surface area (Å²) in [4.78, 5) is 24.5. The van der Waals surface area contributed by atoms with E-state index in [1.807, 2.05) is 0 Å². The van der Waals surface area contributed by atoms with E-state index in [2.05, 4.69) is 5.43 Å². The molecule has 78 valence electrons. The Morgan fingerprint density at radius 2 is 2.29 bits per heavy atom. The molecule has 0 aromatic carbocycles. The summed E-state index contributed by atoms with van der Waals surface area (Å²) in [5, 5.41) is 0. The van der Waals surface area contributed by atoms with E-state index in [4.69, 9.17) is 5.84 Å². The molecule has 2 fully saturated rings. The SMILES string of the molecule is NNC(=O)C1CC(=O)N(CC2CC2)C1. The predicted molar refractivity (Wildman–Crippen MR) is 49.7 cm³/mol. The number of amides is 2.